The molecule has 0 spiro atoms. The zero-order valence-corrected chi connectivity index (χ0v) is 12.2. The summed E-state index contributed by atoms with van der Waals surface area (Å²) in [5, 5.41) is 11.0. The third-order valence-corrected chi connectivity index (χ3v) is 4.74. The van der Waals surface area contributed by atoms with Crippen molar-refractivity contribution in [3.63, 3.8) is 0 Å². The van der Waals surface area contributed by atoms with Gasteiger partial charge in [0.15, 0.2) is 5.78 Å². The summed E-state index contributed by atoms with van der Waals surface area (Å²) in [5.74, 6) is 0.0678. The molecule has 21 heavy (non-hydrogen) atoms. The molecule has 0 aromatic heterocycles. The molecule has 1 fully saturated rings. The summed E-state index contributed by atoms with van der Waals surface area (Å²) in [5.41, 5.74) is 0.815. The number of Topliss-reactive ketones (excluding diaryl/α,β-unsaturated/α-hetero) is 1. The van der Waals surface area contributed by atoms with E-state index < -0.39 is 5.60 Å². The second-order valence-corrected chi connectivity index (χ2v) is 5.85. The van der Waals surface area contributed by atoms with Crippen LogP contribution in [0.5, 0.6) is 0 Å². The van der Waals surface area contributed by atoms with E-state index in [0.29, 0.717) is 6.42 Å². The van der Waals surface area contributed by atoms with Gasteiger partial charge in [-0.25, -0.2) is 0 Å². The van der Waals surface area contributed by atoms with E-state index in [1.54, 1.807) is 0 Å². The monoisotopic (exact) mass is 280 g/mol. The number of ketones is 1. The minimum Gasteiger partial charge on any atom is -0.385 e. The summed E-state index contributed by atoms with van der Waals surface area (Å²) in [6.45, 7) is 2.04. The lowest BCUT2D eigenvalue weighted by Gasteiger charge is -2.51. The summed E-state index contributed by atoms with van der Waals surface area (Å²) in [7, 11) is 0. The molecule has 1 saturated carbocycles. The van der Waals surface area contributed by atoms with Gasteiger partial charge in [0.2, 0.25) is 0 Å². The van der Waals surface area contributed by atoms with Crippen LogP contribution in [-0.4, -0.2) is 10.9 Å². The number of carbonyl (C=O) groups excluding carboxylic acids is 1. The first-order valence-corrected chi connectivity index (χ1v) is 7.54. The largest absolute Gasteiger partial charge is 0.385 e. The molecule has 2 heteroatoms. The average molecular weight is 280 g/mol. The smallest absolute Gasteiger partial charge is 0.166 e. The van der Waals surface area contributed by atoms with Crippen LogP contribution in [0.1, 0.15) is 35.7 Å². The number of rotatable bonds is 4. The molecule has 2 aromatic rings. The van der Waals surface area contributed by atoms with Crippen LogP contribution < -0.4 is 0 Å². The van der Waals surface area contributed by atoms with Crippen LogP contribution in [0.2, 0.25) is 0 Å². The van der Waals surface area contributed by atoms with E-state index in [9.17, 15) is 9.90 Å². The molecule has 1 aliphatic carbocycles. The lowest BCUT2D eigenvalue weighted by atomic mass is 9.56. The summed E-state index contributed by atoms with van der Waals surface area (Å²) >= 11 is 0. The fraction of sp³-hybridized carbons (Fsp3) is 0.316. The van der Waals surface area contributed by atoms with E-state index in [0.717, 1.165) is 17.5 Å². The second kappa shape index (κ2) is 5.45. The van der Waals surface area contributed by atoms with E-state index in [1.165, 1.54) is 0 Å². The Morgan fingerprint density at radius 3 is 2.24 bits per heavy atom. The first-order chi connectivity index (χ1) is 10.2. The number of hydrogen-bond donors (Lipinski definition) is 1. The minimum atomic E-state index is -0.856. The predicted octanol–water partition coefficient (Wildman–Crippen LogP) is 3.80. The molecule has 108 valence electrons. The van der Waals surface area contributed by atoms with Gasteiger partial charge < -0.3 is 5.11 Å². The lowest BCUT2D eigenvalue weighted by molar-refractivity contribution is -0.133. The molecule has 2 aromatic carbocycles. The molecular formula is C19H20O2. The fourth-order valence-corrected chi connectivity index (χ4v) is 3.57. The molecule has 2 nitrogen and oxygen atoms in total. The van der Waals surface area contributed by atoms with Crippen molar-refractivity contribution in [3.05, 3.63) is 71.8 Å². The van der Waals surface area contributed by atoms with Gasteiger partial charge in [0.25, 0.3) is 0 Å². The molecule has 1 N–H and O–H groups in total. The maximum atomic E-state index is 12.6. The maximum absolute atomic E-state index is 12.6. The highest BCUT2D eigenvalue weighted by Gasteiger charge is 2.55. The molecule has 0 amide bonds. The Bertz CT molecular complexity index is 621. The maximum Gasteiger partial charge on any atom is 0.166 e. The van der Waals surface area contributed by atoms with Gasteiger partial charge >= 0.3 is 0 Å². The molecule has 1 aliphatic rings. The zero-order valence-electron chi connectivity index (χ0n) is 12.2. The summed E-state index contributed by atoms with van der Waals surface area (Å²) in [6, 6.07) is 19.1. The van der Waals surface area contributed by atoms with Gasteiger partial charge in [-0.05, 0) is 18.4 Å². The van der Waals surface area contributed by atoms with Crippen molar-refractivity contribution in [2.24, 2.45) is 11.8 Å². The highest BCUT2D eigenvalue weighted by molar-refractivity contribution is 5.98. The first-order valence-electron chi connectivity index (χ1n) is 7.54. The lowest BCUT2D eigenvalue weighted by Crippen LogP contribution is -2.54. The van der Waals surface area contributed by atoms with Crippen LogP contribution in [0.25, 0.3) is 0 Å². The fourth-order valence-electron chi connectivity index (χ4n) is 3.57. The third kappa shape index (κ3) is 2.30. The standard InChI is InChI=1S/C19H20O2/c1-2-17-16(18(20)14-9-5-3-6-10-14)13-19(17,21)15-11-7-4-8-12-15/h3-12,16-17,21H,2,13H2,1H3. The Hall–Kier alpha value is -1.93. The zero-order chi connectivity index (χ0) is 14.9. The Kier molecular flexibility index (Phi) is 3.64. The van der Waals surface area contributed by atoms with Crippen LogP contribution in [-0.2, 0) is 5.60 Å². The molecule has 0 saturated heterocycles. The Balaban J connectivity index is 1.84. The Morgan fingerprint density at radius 2 is 1.67 bits per heavy atom. The van der Waals surface area contributed by atoms with Crippen LogP contribution in [0.4, 0.5) is 0 Å². The first kappa shape index (κ1) is 14.0. The molecule has 0 radical (unpaired) electrons. The van der Waals surface area contributed by atoms with Crippen molar-refractivity contribution in [2.75, 3.05) is 0 Å². The van der Waals surface area contributed by atoms with Gasteiger partial charge in [-0.1, -0.05) is 67.6 Å². The van der Waals surface area contributed by atoms with E-state index in [2.05, 4.69) is 0 Å². The second-order valence-electron chi connectivity index (χ2n) is 5.85. The summed E-state index contributed by atoms with van der Waals surface area (Å²) in [6.07, 6.45) is 1.32. The van der Waals surface area contributed by atoms with Crippen LogP contribution >= 0.6 is 0 Å². The van der Waals surface area contributed by atoms with Crippen molar-refractivity contribution in [1.82, 2.24) is 0 Å². The molecule has 0 bridgehead atoms. The molecule has 3 atom stereocenters. The molecule has 3 unspecified atom stereocenters. The van der Waals surface area contributed by atoms with Crippen molar-refractivity contribution in [3.8, 4) is 0 Å². The number of aliphatic hydroxyl groups is 1. The van der Waals surface area contributed by atoms with Crippen molar-refractivity contribution >= 4 is 5.78 Å². The van der Waals surface area contributed by atoms with Gasteiger partial charge in [-0.3, -0.25) is 4.79 Å². The van der Waals surface area contributed by atoms with E-state index >= 15 is 0 Å². The van der Waals surface area contributed by atoms with Gasteiger partial charge in [-0.2, -0.15) is 0 Å². The van der Waals surface area contributed by atoms with Gasteiger partial charge in [0.05, 0.1) is 5.60 Å². The molecular weight excluding hydrogens is 260 g/mol. The van der Waals surface area contributed by atoms with E-state index in [-0.39, 0.29) is 17.6 Å². The number of carbonyl (C=O) groups is 1. The normalized spacial score (nSPS) is 27.9. The van der Waals surface area contributed by atoms with Crippen LogP contribution in [0.3, 0.4) is 0 Å². The average Bonchev–Trinajstić information content (AvgIpc) is 2.54. The topological polar surface area (TPSA) is 37.3 Å². The van der Waals surface area contributed by atoms with E-state index in [4.69, 9.17) is 0 Å². The minimum absolute atomic E-state index is 0.00685. The quantitative estimate of drug-likeness (QED) is 0.865. The van der Waals surface area contributed by atoms with Crippen molar-refractivity contribution in [1.29, 1.82) is 0 Å². The Labute approximate surface area is 125 Å². The highest BCUT2D eigenvalue weighted by atomic mass is 16.3. The van der Waals surface area contributed by atoms with Crippen LogP contribution in [0, 0.1) is 11.8 Å². The molecule has 0 aliphatic heterocycles. The van der Waals surface area contributed by atoms with Crippen molar-refractivity contribution < 1.29 is 9.90 Å². The van der Waals surface area contributed by atoms with Gasteiger partial charge in [0, 0.05) is 17.4 Å². The summed E-state index contributed by atoms with van der Waals surface area (Å²) < 4.78 is 0. The summed E-state index contributed by atoms with van der Waals surface area (Å²) in [4.78, 5) is 12.6. The molecule has 3 rings (SSSR count). The highest BCUT2D eigenvalue weighted by Crippen LogP contribution is 2.53. The van der Waals surface area contributed by atoms with Gasteiger partial charge in [0.1, 0.15) is 0 Å². The molecule has 0 heterocycles. The number of benzene rings is 2. The van der Waals surface area contributed by atoms with Gasteiger partial charge in [-0.15, -0.1) is 0 Å². The third-order valence-electron chi connectivity index (χ3n) is 4.74. The SMILES string of the molecule is CCC1C(C(=O)c2ccccc2)CC1(O)c1ccccc1. The van der Waals surface area contributed by atoms with Crippen molar-refractivity contribution in [2.45, 2.75) is 25.4 Å². The number of hydrogen-bond acceptors (Lipinski definition) is 2. The van der Waals surface area contributed by atoms with E-state index in [1.807, 2.05) is 67.6 Å². The van der Waals surface area contributed by atoms with Crippen LogP contribution in [0.15, 0.2) is 60.7 Å². The predicted molar refractivity (Wildman–Crippen MR) is 83.0 cm³/mol. The Morgan fingerprint density at radius 1 is 1.10 bits per heavy atom.